The smallest absolute Gasteiger partial charge is 0.410 e. The molecule has 5 nitrogen and oxygen atoms in total. The topological polar surface area (TPSA) is 58.6 Å². The van der Waals surface area contributed by atoms with Crippen molar-refractivity contribution in [3.63, 3.8) is 0 Å². The molecule has 0 atom stereocenters. The van der Waals surface area contributed by atoms with Crippen LogP contribution in [0.5, 0.6) is 0 Å². The molecule has 1 aliphatic heterocycles. The Kier molecular flexibility index (Phi) is 4.92. The van der Waals surface area contributed by atoms with Gasteiger partial charge in [-0.2, -0.15) is 0 Å². The first-order chi connectivity index (χ1) is 10.8. The second kappa shape index (κ2) is 6.56. The Hall–Kier alpha value is -2.11. The Balaban J connectivity index is 2.12. The molecule has 0 aliphatic carbocycles. The van der Waals surface area contributed by atoms with E-state index in [2.05, 4.69) is 5.32 Å². The zero-order chi connectivity index (χ0) is 17.1. The third-order valence-electron chi connectivity index (χ3n) is 3.98. The molecule has 0 saturated carbocycles. The number of halogens is 1. The van der Waals surface area contributed by atoms with E-state index in [1.165, 1.54) is 12.1 Å². The fourth-order valence-electron chi connectivity index (χ4n) is 2.81. The maximum Gasteiger partial charge on any atom is 0.410 e. The first-order valence-electron chi connectivity index (χ1n) is 7.71. The van der Waals surface area contributed by atoms with Gasteiger partial charge in [0.2, 0.25) is 6.41 Å². The standard InChI is InChI=1S/C17H23FN2O3/c1-16(2,3)23-15(22)20-9-7-17(8-10-20,19-12-21)13-5-4-6-14(18)11-13/h4-6,11-12H,7-10H2,1-3H3,(H,19,21). The fraction of sp³-hybridized carbons (Fsp3) is 0.529. The third-order valence-corrected chi connectivity index (χ3v) is 3.98. The summed E-state index contributed by atoms with van der Waals surface area (Å²) in [6.07, 6.45) is 1.29. The van der Waals surface area contributed by atoms with Crippen LogP contribution >= 0.6 is 0 Å². The number of amides is 2. The van der Waals surface area contributed by atoms with Gasteiger partial charge in [0.15, 0.2) is 0 Å². The highest BCUT2D eigenvalue weighted by Crippen LogP contribution is 2.33. The summed E-state index contributed by atoms with van der Waals surface area (Å²) in [5.41, 5.74) is -0.481. The average Bonchev–Trinajstić information content (AvgIpc) is 2.46. The van der Waals surface area contributed by atoms with Gasteiger partial charge in [0.1, 0.15) is 11.4 Å². The van der Waals surface area contributed by atoms with Crippen molar-refractivity contribution in [1.29, 1.82) is 0 Å². The maximum atomic E-state index is 13.5. The number of rotatable bonds is 3. The summed E-state index contributed by atoms with van der Waals surface area (Å²) in [6.45, 7) is 6.33. The Morgan fingerprint density at radius 3 is 2.52 bits per heavy atom. The summed E-state index contributed by atoms with van der Waals surface area (Å²) in [4.78, 5) is 24.8. The van der Waals surface area contributed by atoms with Crippen molar-refractivity contribution in [2.24, 2.45) is 0 Å². The highest BCUT2D eigenvalue weighted by molar-refractivity contribution is 5.68. The van der Waals surface area contributed by atoms with E-state index in [1.54, 1.807) is 17.0 Å². The summed E-state index contributed by atoms with van der Waals surface area (Å²) < 4.78 is 18.9. The molecule has 1 aromatic carbocycles. The van der Waals surface area contributed by atoms with Gasteiger partial charge >= 0.3 is 6.09 Å². The van der Waals surface area contributed by atoms with Crippen molar-refractivity contribution in [1.82, 2.24) is 10.2 Å². The second-order valence-corrected chi connectivity index (χ2v) is 6.82. The average molecular weight is 322 g/mol. The van der Waals surface area contributed by atoms with Gasteiger partial charge in [-0.25, -0.2) is 9.18 Å². The van der Waals surface area contributed by atoms with Crippen molar-refractivity contribution in [2.75, 3.05) is 13.1 Å². The van der Waals surface area contributed by atoms with Crippen molar-refractivity contribution in [2.45, 2.75) is 44.8 Å². The molecule has 1 fully saturated rings. The van der Waals surface area contributed by atoms with Crippen LogP contribution in [0.3, 0.4) is 0 Å². The van der Waals surface area contributed by atoms with Gasteiger partial charge in [0.25, 0.3) is 0 Å². The summed E-state index contributed by atoms with van der Waals surface area (Å²) in [6, 6.07) is 6.22. The molecule has 0 aromatic heterocycles. The van der Waals surface area contributed by atoms with Crippen molar-refractivity contribution in [3.8, 4) is 0 Å². The molecule has 1 N–H and O–H groups in total. The molecular formula is C17H23FN2O3. The lowest BCUT2D eigenvalue weighted by Gasteiger charge is -2.42. The summed E-state index contributed by atoms with van der Waals surface area (Å²) in [7, 11) is 0. The molecule has 0 spiro atoms. The number of benzene rings is 1. The quantitative estimate of drug-likeness (QED) is 0.871. The predicted octanol–water partition coefficient (Wildman–Crippen LogP) is 2.80. The lowest BCUT2D eigenvalue weighted by molar-refractivity contribution is -0.111. The number of nitrogens with one attached hydrogen (secondary N) is 1. The first kappa shape index (κ1) is 17.2. The molecule has 1 aromatic rings. The highest BCUT2D eigenvalue weighted by atomic mass is 19.1. The molecule has 6 heteroatoms. The van der Waals surface area contributed by atoms with Crippen LogP contribution in [0.2, 0.25) is 0 Å². The molecule has 2 rings (SSSR count). The van der Waals surface area contributed by atoms with E-state index in [-0.39, 0.29) is 11.9 Å². The van der Waals surface area contributed by atoms with Gasteiger partial charge in [-0.3, -0.25) is 4.79 Å². The Bertz CT molecular complexity index is 575. The van der Waals surface area contributed by atoms with Crippen molar-refractivity contribution >= 4 is 12.5 Å². The fourth-order valence-corrected chi connectivity index (χ4v) is 2.81. The third kappa shape index (κ3) is 4.21. The minimum absolute atomic E-state index is 0.343. The second-order valence-electron chi connectivity index (χ2n) is 6.82. The van der Waals surface area contributed by atoms with Gasteiger partial charge in [-0.15, -0.1) is 0 Å². The Labute approximate surface area is 135 Å². The number of ether oxygens (including phenoxy) is 1. The normalized spacial score (nSPS) is 17.5. The SMILES string of the molecule is CC(C)(C)OC(=O)N1CCC(NC=O)(c2cccc(F)c2)CC1. The number of piperidine rings is 1. The first-order valence-corrected chi connectivity index (χ1v) is 7.71. The molecule has 1 heterocycles. The minimum atomic E-state index is -0.650. The molecule has 126 valence electrons. The summed E-state index contributed by atoms with van der Waals surface area (Å²) in [5.74, 6) is -0.343. The number of hydrogen-bond acceptors (Lipinski definition) is 3. The summed E-state index contributed by atoms with van der Waals surface area (Å²) >= 11 is 0. The Morgan fingerprint density at radius 1 is 1.35 bits per heavy atom. The molecule has 1 saturated heterocycles. The monoisotopic (exact) mass is 322 g/mol. The molecule has 2 amide bonds. The minimum Gasteiger partial charge on any atom is -0.444 e. The summed E-state index contributed by atoms with van der Waals surface area (Å²) in [5, 5.41) is 2.82. The van der Waals surface area contributed by atoms with E-state index in [0.717, 1.165) is 0 Å². The van der Waals surface area contributed by atoms with Gasteiger partial charge < -0.3 is 15.0 Å². The predicted molar refractivity (Wildman–Crippen MR) is 84.3 cm³/mol. The number of hydrogen-bond donors (Lipinski definition) is 1. The van der Waals surface area contributed by atoms with E-state index in [1.807, 2.05) is 20.8 Å². The molecule has 0 unspecified atom stereocenters. The van der Waals surface area contributed by atoms with Crippen molar-refractivity contribution in [3.05, 3.63) is 35.6 Å². The number of carbonyl (C=O) groups excluding carboxylic acids is 2. The van der Waals surface area contributed by atoms with E-state index in [9.17, 15) is 14.0 Å². The van der Waals surface area contributed by atoms with Gasteiger partial charge in [0, 0.05) is 13.1 Å². The maximum absolute atomic E-state index is 13.5. The zero-order valence-corrected chi connectivity index (χ0v) is 13.8. The lowest BCUT2D eigenvalue weighted by Crippen LogP contribution is -2.52. The van der Waals surface area contributed by atoms with E-state index >= 15 is 0 Å². The van der Waals surface area contributed by atoms with E-state index in [0.29, 0.717) is 37.9 Å². The van der Waals surface area contributed by atoms with E-state index in [4.69, 9.17) is 4.74 Å². The number of carbonyl (C=O) groups is 2. The zero-order valence-electron chi connectivity index (χ0n) is 13.8. The van der Waals surface area contributed by atoms with Crippen molar-refractivity contribution < 1.29 is 18.7 Å². The van der Waals surface area contributed by atoms with Crippen LogP contribution in [0.25, 0.3) is 0 Å². The molecule has 1 aliphatic rings. The largest absolute Gasteiger partial charge is 0.444 e. The van der Waals surface area contributed by atoms with Crippen LogP contribution in [0.1, 0.15) is 39.2 Å². The highest BCUT2D eigenvalue weighted by Gasteiger charge is 2.38. The lowest BCUT2D eigenvalue weighted by atomic mass is 9.81. The number of nitrogens with zero attached hydrogens (tertiary/aromatic N) is 1. The molecular weight excluding hydrogens is 299 g/mol. The molecule has 0 radical (unpaired) electrons. The van der Waals surface area contributed by atoms with Gasteiger partial charge in [-0.1, -0.05) is 12.1 Å². The molecule has 23 heavy (non-hydrogen) atoms. The van der Waals surface area contributed by atoms with Crippen LogP contribution in [-0.2, 0) is 15.1 Å². The van der Waals surface area contributed by atoms with E-state index < -0.39 is 11.1 Å². The Morgan fingerprint density at radius 2 is 2.00 bits per heavy atom. The van der Waals surface area contributed by atoms with Gasteiger partial charge in [-0.05, 0) is 51.3 Å². The van der Waals surface area contributed by atoms with Crippen LogP contribution < -0.4 is 5.32 Å². The van der Waals surface area contributed by atoms with Crippen LogP contribution in [0.15, 0.2) is 24.3 Å². The molecule has 0 bridgehead atoms. The van der Waals surface area contributed by atoms with Crippen LogP contribution in [-0.4, -0.2) is 36.1 Å². The number of likely N-dealkylation sites (tertiary alicyclic amines) is 1. The van der Waals surface area contributed by atoms with Crippen LogP contribution in [0.4, 0.5) is 9.18 Å². The van der Waals surface area contributed by atoms with Gasteiger partial charge in [0.05, 0.1) is 5.54 Å². The van der Waals surface area contributed by atoms with Crippen LogP contribution in [0, 0.1) is 5.82 Å².